The van der Waals surface area contributed by atoms with Gasteiger partial charge in [-0.1, -0.05) is 19.8 Å². The Bertz CT molecular complexity index is 193. The Morgan fingerprint density at radius 3 is 2.73 bits per heavy atom. The Morgan fingerprint density at radius 2 is 2.00 bits per heavy atom. The highest BCUT2D eigenvalue weighted by Gasteiger charge is 2.36. The predicted octanol–water partition coefficient (Wildman–Crippen LogP) is 2.14. The summed E-state index contributed by atoms with van der Waals surface area (Å²) in [5.41, 5.74) is 5.79. The van der Waals surface area contributed by atoms with Crippen LogP contribution in [0, 0.1) is 17.8 Å². The van der Waals surface area contributed by atoms with Crippen molar-refractivity contribution in [3.8, 4) is 0 Å². The molecule has 0 aromatic heterocycles. The zero-order valence-corrected chi connectivity index (χ0v) is 10.0. The molecular weight excluding hydrogens is 184 g/mol. The number of nitrogens with one attached hydrogen (secondary N) is 1. The molecule has 0 bridgehead atoms. The first kappa shape index (κ1) is 11.4. The van der Waals surface area contributed by atoms with Gasteiger partial charge in [0.2, 0.25) is 0 Å². The van der Waals surface area contributed by atoms with Gasteiger partial charge in [0, 0.05) is 6.04 Å². The minimum Gasteiger partial charge on any atom is -0.330 e. The normalized spacial score (nSPS) is 39.6. The van der Waals surface area contributed by atoms with Crippen LogP contribution in [0.4, 0.5) is 0 Å². The van der Waals surface area contributed by atoms with E-state index in [0.29, 0.717) is 0 Å². The minimum atomic E-state index is 0.806. The Morgan fingerprint density at radius 1 is 1.20 bits per heavy atom. The molecule has 2 heteroatoms. The highest BCUT2D eigenvalue weighted by Crippen LogP contribution is 2.36. The second kappa shape index (κ2) is 5.31. The van der Waals surface area contributed by atoms with Gasteiger partial charge in [0.25, 0.3) is 0 Å². The zero-order valence-electron chi connectivity index (χ0n) is 10.0. The van der Waals surface area contributed by atoms with Gasteiger partial charge in [0.1, 0.15) is 0 Å². The van der Waals surface area contributed by atoms with Gasteiger partial charge in [0.15, 0.2) is 0 Å². The van der Waals surface area contributed by atoms with Crippen LogP contribution in [0.2, 0.25) is 0 Å². The summed E-state index contributed by atoms with van der Waals surface area (Å²) in [6.07, 6.45) is 8.36. The van der Waals surface area contributed by atoms with Crippen LogP contribution in [0.15, 0.2) is 0 Å². The van der Waals surface area contributed by atoms with E-state index in [0.717, 1.165) is 30.3 Å². The summed E-state index contributed by atoms with van der Waals surface area (Å²) in [5.74, 6) is 2.67. The first-order chi connectivity index (χ1) is 7.35. The second-order valence-corrected chi connectivity index (χ2v) is 5.49. The van der Waals surface area contributed by atoms with Crippen molar-refractivity contribution in [3.63, 3.8) is 0 Å². The lowest BCUT2D eigenvalue weighted by Crippen LogP contribution is -2.30. The van der Waals surface area contributed by atoms with Crippen LogP contribution in [0.1, 0.15) is 45.4 Å². The van der Waals surface area contributed by atoms with Crippen LogP contribution in [0.5, 0.6) is 0 Å². The number of rotatable bonds is 6. The molecule has 0 aromatic rings. The molecule has 2 nitrogen and oxygen atoms in total. The first-order valence-electron chi connectivity index (χ1n) is 6.78. The molecule has 3 N–H and O–H groups in total. The zero-order chi connectivity index (χ0) is 10.7. The van der Waals surface area contributed by atoms with Crippen LogP contribution >= 0.6 is 0 Å². The third-order valence-corrected chi connectivity index (χ3v) is 4.34. The second-order valence-electron chi connectivity index (χ2n) is 5.49. The van der Waals surface area contributed by atoms with Crippen molar-refractivity contribution in [2.45, 2.75) is 51.5 Å². The fourth-order valence-electron chi connectivity index (χ4n) is 3.18. The molecule has 88 valence electrons. The molecule has 0 aromatic carbocycles. The lowest BCUT2D eigenvalue weighted by Gasteiger charge is -2.18. The lowest BCUT2D eigenvalue weighted by atomic mass is 9.96. The van der Waals surface area contributed by atoms with Crippen molar-refractivity contribution in [2.24, 2.45) is 23.5 Å². The third kappa shape index (κ3) is 2.94. The molecule has 0 heterocycles. The van der Waals surface area contributed by atoms with E-state index >= 15 is 0 Å². The SMILES string of the molecule is CCCC1CC1NCC1CCCC1CN. The number of nitrogens with two attached hydrogens (primary N) is 1. The fourth-order valence-corrected chi connectivity index (χ4v) is 3.18. The van der Waals surface area contributed by atoms with E-state index in [1.54, 1.807) is 0 Å². The summed E-state index contributed by atoms with van der Waals surface area (Å²) in [5, 5.41) is 3.74. The summed E-state index contributed by atoms with van der Waals surface area (Å²) in [4.78, 5) is 0. The molecular formula is C13H26N2. The van der Waals surface area contributed by atoms with Crippen molar-refractivity contribution in [1.29, 1.82) is 0 Å². The van der Waals surface area contributed by atoms with Gasteiger partial charge < -0.3 is 11.1 Å². The molecule has 4 atom stereocenters. The van der Waals surface area contributed by atoms with Crippen molar-refractivity contribution < 1.29 is 0 Å². The van der Waals surface area contributed by atoms with Crippen LogP contribution in [-0.4, -0.2) is 19.1 Å². The van der Waals surface area contributed by atoms with Gasteiger partial charge in [-0.05, 0) is 56.5 Å². The van der Waals surface area contributed by atoms with Gasteiger partial charge in [-0.15, -0.1) is 0 Å². The Labute approximate surface area is 94.0 Å². The Balaban J connectivity index is 1.62. The maximum absolute atomic E-state index is 5.79. The minimum absolute atomic E-state index is 0.806. The maximum Gasteiger partial charge on any atom is 0.00992 e. The van der Waals surface area contributed by atoms with Crippen molar-refractivity contribution in [2.75, 3.05) is 13.1 Å². The molecule has 0 spiro atoms. The molecule has 0 radical (unpaired) electrons. The monoisotopic (exact) mass is 210 g/mol. The molecule has 4 unspecified atom stereocenters. The quantitative estimate of drug-likeness (QED) is 0.705. The maximum atomic E-state index is 5.79. The molecule has 2 saturated carbocycles. The highest BCUT2D eigenvalue weighted by atomic mass is 15.0. The van der Waals surface area contributed by atoms with Crippen LogP contribution in [0.3, 0.4) is 0 Å². The van der Waals surface area contributed by atoms with Crippen molar-refractivity contribution in [3.05, 3.63) is 0 Å². The Kier molecular flexibility index (Phi) is 4.04. The fraction of sp³-hybridized carbons (Fsp3) is 1.00. The standard InChI is InChI=1S/C13H26N2/c1-2-4-10-7-13(10)15-9-12-6-3-5-11(12)8-14/h10-13,15H,2-9,14H2,1H3. The number of hydrogen-bond acceptors (Lipinski definition) is 2. The van der Waals surface area contributed by atoms with E-state index in [1.807, 2.05) is 0 Å². The average molecular weight is 210 g/mol. The van der Waals surface area contributed by atoms with E-state index in [2.05, 4.69) is 12.2 Å². The predicted molar refractivity (Wildman–Crippen MR) is 64.7 cm³/mol. The van der Waals surface area contributed by atoms with Crippen molar-refractivity contribution in [1.82, 2.24) is 5.32 Å². The number of hydrogen-bond donors (Lipinski definition) is 2. The molecule has 2 fully saturated rings. The van der Waals surface area contributed by atoms with Crippen molar-refractivity contribution >= 4 is 0 Å². The largest absolute Gasteiger partial charge is 0.330 e. The smallest absolute Gasteiger partial charge is 0.00992 e. The average Bonchev–Trinajstić information content (AvgIpc) is 2.82. The van der Waals surface area contributed by atoms with Gasteiger partial charge in [-0.2, -0.15) is 0 Å². The van der Waals surface area contributed by atoms with E-state index in [4.69, 9.17) is 5.73 Å². The topological polar surface area (TPSA) is 38.0 Å². The van der Waals surface area contributed by atoms with Gasteiger partial charge in [0.05, 0.1) is 0 Å². The van der Waals surface area contributed by atoms with E-state index in [1.165, 1.54) is 45.1 Å². The summed E-state index contributed by atoms with van der Waals surface area (Å²) >= 11 is 0. The lowest BCUT2D eigenvalue weighted by molar-refractivity contribution is 0.369. The summed E-state index contributed by atoms with van der Waals surface area (Å²) in [7, 11) is 0. The Hall–Kier alpha value is -0.0800. The summed E-state index contributed by atoms with van der Waals surface area (Å²) in [6.45, 7) is 4.42. The van der Waals surface area contributed by atoms with Gasteiger partial charge in [-0.3, -0.25) is 0 Å². The van der Waals surface area contributed by atoms with E-state index in [9.17, 15) is 0 Å². The van der Waals surface area contributed by atoms with E-state index in [-0.39, 0.29) is 0 Å². The third-order valence-electron chi connectivity index (χ3n) is 4.34. The molecule has 0 saturated heterocycles. The summed E-state index contributed by atoms with van der Waals surface area (Å²) < 4.78 is 0. The molecule has 2 aliphatic carbocycles. The highest BCUT2D eigenvalue weighted by molar-refractivity contribution is 4.93. The molecule has 0 aliphatic heterocycles. The van der Waals surface area contributed by atoms with E-state index < -0.39 is 0 Å². The molecule has 2 rings (SSSR count). The molecule has 15 heavy (non-hydrogen) atoms. The molecule has 0 amide bonds. The van der Waals surface area contributed by atoms with Gasteiger partial charge >= 0.3 is 0 Å². The van der Waals surface area contributed by atoms with Crippen LogP contribution in [0.25, 0.3) is 0 Å². The molecule has 2 aliphatic rings. The first-order valence-corrected chi connectivity index (χ1v) is 6.78. The van der Waals surface area contributed by atoms with Gasteiger partial charge in [-0.25, -0.2) is 0 Å². The van der Waals surface area contributed by atoms with Crippen LogP contribution in [-0.2, 0) is 0 Å². The summed E-state index contributed by atoms with van der Waals surface area (Å²) in [6, 6.07) is 0.851. The van der Waals surface area contributed by atoms with Crippen LogP contribution < -0.4 is 11.1 Å².